The number of nitrogens with one attached hydrogen (secondary N) is 2. The molecule has 2 amide bonds. The number of alkyl halides is 1. The van der Waals surface area contributed by atoms with Crippen LogP contribution in [0.3, 0.4) is 0 Å². The van der Waals surface area contributed by atoms with Crippen molar-refractivity contribution < 1.29 is 42.9 Å². The minimum Gasteiger partial charge on any atom is -0.450 e. The molecule has 0 aromatic heterocycles. The molecular weight excluding hydrogens is 547 g/mol. The predicted octanol–water partition coefficient (Wildman–Crippen LogP) is 3.75. The summed E-state index contributed by atoms with van der Waals surface area (Å²) < 4.78 is 27.2. The first kappa shape index (κ1) is 31.8. The first-order valence-electron chi connectivity index (χ1n) is 14.9. The molecule has 0 radical (unpaired) electrons. The highest BCUT2D eigenvalue weighted by atomic mass is 19.1. The van der Waals surface area contributed by atoms with Crippen LogP contribution in [0.25, 0.3) is 0 Å². The van der Waals surface area contributed by atoms with Gasteiger partial charge in [0.2, 0.25) is 5.78 Å². The molecule has 4 aliphatic rings. The second-order valence-electron chi connectivity index (χ2n) is 12.7. The first-order valence-corrected chi connectivity index (χ1v) is 14.9. The van der Waals surface area contributed by atoms with Crippen molar-refractivity contribution >= 4 is 29.5 Å². The number of ether oxygens (including phenoxy) is 2. The Morgan fingerprint density at radius 1 is 1.07 bits per heavy atom. The number of allylic oxidation sites excluding steroid dienone is 4. The maximum absolute atomic E-state index is 17.2. The van der Waals surface area contributed by atoms with Gasteiger partial charge in [-0.15, -0.1) is 0 Å². The SMILES string of the molecule is CNC(=O)OCCCCCCNC(=O)OCC(=O)[C@@]1(O)[C@H](C)CC2C3CCC4=CC(=O)C=CC4(C)[C@@]3(F)C(=O)CC21C. The Morgan fingerprint density at radius 3 is 2.50 bits per heavy atom. The van der Waals surface area contributed by atoms with E-state index in [1.165, 1.54) is 25.3 Å². The normalized spacial score (nSPS) is 36.7. The third-order valence-corrected chi connectivity index (χ3v) is 10.5. The number of halogens is 1. The van der Waals surface area contributed by atoms with Gasteiger partial charge in [-0.05, 0) is 69.4 Å². The third-order valence-electron chi connectivity index (χ3n) is 10.5. The first-order chi connectivity index (χ1) is 19.8. The summed E-state index contributed by atoms with van der Waals surface area (Å²) in [5.41, 5.74) is -6.09. The fourth-order valence-electron chi connectivity index (χ4n) is 8.17. The summed E-state index contributed by atoms with van der Waals surface area (Å²) in [5.74, 6) is -3.35. The topological polar surface area (TPSA) is 148 Å². The number of carbonyl (C=O) groups is 5. The van der Waals surface area contributed by atoms with Crippen molar-refractivity contribution in [1.29, 1.82) is 0 Å². The fraction of sp³-hybridized carbons (Fsp3) is 0.710. The quantitative estimate of drug-likeness (QED) is 0.326. The van der Waals surface area contributed by atoms with Crippen molar-refractivity contribution in [2.24, 2.45) is 28.6 Å². The van der Waals surface area contributed by atoms with Gasteiger partial charge in [0.05, 0.1) is 6.61 Å². The van der Waals surface area contributed by atoms with E-state index in [4.69, 9.17) is 9.47 Å². The third kappa shape index (κ3) is 5.07. The van der Waals surface area contributed by atoms with Crippen LogP contribution in [-0.2, 0) is 23.9 Å². The Balaban J connectivity index is 1.35. The molecule has 4 rings (SSSR count). The number of hydrogen-bond acceptors (Lipinski definition) is 8. The van der Waals surface area contributed by atoms with Gasteiger partial charge in [-0.1, -0.05) is 31.9 Å². The van der Waals surface area contributed by atoms with Gasteiger partial charge in [-0.3, -0.25) is 14.4 Å². The van der Waals surface area contributed by atoms with Crippen molar-refractivity contribution in [2.45, 2.75) is 83.4 Å². The highest BCUT2D eigenvalue weighted by Gasteiger charge is 2.75. The monoisotopic (exact) mass is 590 g/mol. The van der Waals surface area contributed by atoms with Gasteiger partial charge in [0.25, 0.3) is 0 Å². The Hall–Kier alpha value is -3.08. The van der Waals surface area contributed by atoms with Crippen LogP contribution in [0.15, 0.2) is 23.8 Å². The molecule has 232 valence electrons. The smallest absolute Gasteiger partial charge is 0.407 e. The van der Waals surface area contributed by atoms with E-state index in [0.29, 0.717) is 50.8 Å². The summed E-state index contributed by atoms with van der Waals surface area (Å²) in [7, 11) is 1.49. The minimum atomic E-state index is -2.25. The van der Waals surface area contributed by atoms with E-state index >= 15 is 4.39 Å². The maximum Gasteiger partial charge on any atom is 0.407 e. The van der Waals surface area contributed by atoms with E-state index in [0.717, 1.165) is 12.8 Å². The standard InChI is InChI=1S/C31H43FN2O8/c1-19-15-23-22-10-9-20-16-21(35)11-12-28(20,2)30(22,32)24(36)17-29(23,3)31(19,40)25(37)18-42-27(39)34-13-7-5-6-8-14-41-26(38)33-4/h11-12,16,19,22-23,40H,5-10,13-15,17-18H2,1-4H3,(H,33,38)(H,34,39)/t19-,22?,23?,28?,29?,30+,31+/m1/s1. The van der Waals surface area contributed by atoms with Crippen molar-refractivity contribution in [1.82, 2.24) is 10.6 Å². The minimum absolute atomic E-state index is 0.222. The lowest BCUT2D eigenvalue weighted by Gasteiger charge is -2.59. The molecule has 0 aromatic carbocycles. The maximum atomic E-state index is 17.2. The number of hydrogen-bond donors (Lipinski definition) is 3. The molecule has 3 fully saturated rings. The second kappa shape index (κ2) is 11.9. The number of carbonyl (C=O) groups excluding carboxylic acids is 5. The molecule has 0 heterocycles. The van der Waals surface area contributed by atoms with Crippen LogP contribution in [0.5, 0.6) is 0 Å². The van der Waals surface area contributed by atoms with Gasteiger partial charge >= 0.3 is 12.2 Å². The molecule has 7 atom stereocenters. The van der Waals surface area contributed by atoms with Gasteiger partial charge in [0.15, 0.2) is 23.8 Å². The summed E-state index contributed by atoms with van der Waals surface area (Å²) in [6, 6.07) is 0. The number of rotatable bonds is 10. The zero-order valence-electron chi connectivity index (χ0n) is 24.9. The van der Waals surface area contributed by atoms with Crippen LogP contribution in [0.4, 0.5) is 14.0 Å². The molecule has 0 aromatic rings. The highest BCUT2D eigenvalue weighted by molar-refractivity contribution is 6.03. The van der Waals surface area contributed by atoms with E-state index in [9.17, 15) is 29.1 Å². The predicted molar refractivity (Wildman–Crippen MR) is 150 cm³/mol. The van der Waals surface area contributed by atoms with Crippen LogP contribution in [0.2, 0.25) is 0 Å². The van der Waals surface area contributed by atoms with E-state index in [2.05, 4.69) is 10.6 Å². The summed E-state index contributed by atoms with van der Waals surface area (Å²) >= 11 is 0. The lowest BCUT2D eigenvalue weighted by atomic mass is 9.45. The molecule has 3 saturated carbocycles. The largest absolute Gasteiger partial charge is 0.450 e. The number of alkyl carbamates (subject to hydrolysis) is 2. The molecule has 0 spiro atoms. The highest BCUT2D eigenvalue weighted by Crippen LogP contribution is 2.69. The summed E-state index contributed by atoms with van der Waals surface area (Å²) in [5, 5.41) is 16.9. The Labute approximate surface area is 245 Å². The average molecular weight is 591 g/mol. The number of unbranched alkanes of at least 4 members (excludes halogenated alkanes) is 3. The zero-order chi connectivity index (χ0) is 30.9. The van der Waals surface area contributed by atoms with Gasteiger partial charge in [-0.25, -0.2) is 14.0 Å². The Kier molecular flexibility index (Phi) is 9.02. The van der Waals surface area contributed by atoms with Crippen LogP contribution in [0, 0.1) is 28.6 Å². The van der Waals surface area contributed by atoms with Crippen LogP contribution in [0.1, 0.15) is 72.1 Å². The lowest BCUT2D eigenvalue weighted by molar-refractivity contribution is -0.187. The van der Waals surface area contributed by atoms with Crippen LogP contribution >= 0.6 is 0 Å². The van der Waals surface area contributed by atoms with Gasteiger partial charge in [0.1, 0.15) is 5.60 Å². The van der Waals surface area contributed by atoms with Gasteiger partial charge < -0.3 is 25.2 Å². The van der Waals surface area contributed by atoms with E-state index in [-0.39, 0.29) is 12.2 Å². The number of aliphatic hydroxyl groups is 1. The van der Waals surface area contributed by atoms with Gasteiger partial charge in [0, 0.05) is 36.8 Å². The molecule has 10 nitrogen and oxygen atoms in total. The van der Waals surface area contributed by atoms with E-state index in [1.54, 1.807) is 20.8 Å². The number of amides is 2. The fourth-order valence-corrected chi connectivity index (χ4v) is 8.17. The van der Waals surface area contributed by atoms with Crippen molar-refractivity contribution in [3.8, 4) is 0 Å². The molecule has 4 unspecified atom stereocenters. The number of ketones is 3. The Morgan fingerprint density at radius 2 is 1.79 bits per heavy atom. The molecule has 4 aliphatic carbocycles. The van der Waals surface area contributed by atoms with Crippen LogP contribution < -0.4 is 10.6 Å². The van der Waals surface area contributed by atoms with E-state index in [1.807, 2.05) is 0 Å². The van der Waals surface area contributed by atoms with Crippen LogP contribution in [-0.4, -0.2) is 72.7 Å². The van der Waals surface area contributed by atoms with Crippen molar-refractivity contribution in [3.63, 3.8) is 0 Å². The molecule has 0 saturated heterocycles. The van der Waals surface area contributed by atoms with Crippen molar-refractivity contribution in [2.75, 3.05) is 26.8 Å². The molecule has 0 bridgehead atoms. The zero-order valence-corrected chi connectivity index (χ0v) is 24.9. The average Bonchev–Trinajstić information content (AvgIpc) is 3.15. The number of fused-ring (bicyclic) bond motifs is 5. The van der Waals surface area contributed by atoms with Crippen molar-refractivity contribution in [3.05, 3.63) is 23.8 Å². The molecule has 42 heavy (non-hydrogen) atoms. The summed E-state index contributed by atoms with van der Waals surface area (Å²) in [6.45, 7) is 5.05. The molecule has 11 heteroatoms. The summed E-state index contributed by atoms with van der Waals surface area (Å²) in [6.07, 6.45) is 6.77. The second-order valence-corrected chi connectivity index (χ2v) is 12.7. The number of Topliss-reactive ketones (excluding diaryl/α,β-unsaturated/α-hetero) is 2. The molecular formula is C31H43FN2O8. The van der Waals surface area contributed by atoms with E-state index < -0.39 is 70.2 Å². The molecule has 0 aliphatic heterocycles. The Bertz CT molecular complexity index is 1200. The molecule has 3 N–H and O–H groups in total. The van der Waals surface area contributed by atoms with Gasteiger partial charge in [-0.2, -0.15) is 0 Å². The summed E-state index contributed by atoms with van der Waals surface area (Å²) in [4.78, 5) is 62.5. The lowest BCUT2D eigenvalue weighted by Crippen LogP contribution is -2.68.